The van der Waals surface area contributed by atoms with Gasteiger partial charge >= 0.3 is 0 Å². The Labute approximate surface area is 139 Å². The molecule has 0 amide bonds. The third-order valence-electron chi connectivity index (χ3n) is 4.16. The Balaban J connectivity index is 1.86. The smallest absolute Gasteiger partial charge is 0.191 e. The van der Waals surface area contributed by atoms with Gasteiger partial charge in [-0.15, -0.1) is 11.3 Å². The topological polar surface area (TPSA) is 39.7 Å². The molecule has 2 atom stereocenters. The van der Waals surface area contributed by atoms with E-state index in [4.69, 9.17) is 4.99 Å². The van der Waals surface area contributed by atoms with Crippen molar-refractivity contribution < 1.29 is 0 Å². The average molecular weight is 323 g/mol. The summed E-state index contributed by atoms with van der Waals surface area (Å²) in [7, 11) is 2.20. The van der Waals surface area contributed by atoms with E-state index in [1.807, 2.05) is 11.3 Å². The number of nitrogens with one attached hydrogen (secondary N) is 2. The number of aliphatic imine (C=N–C) groups is 1. The lowest BCUT2D eigenvalue weighted by Gasteiger charge is -2.20. The summed E-state index contributed by atoms with van der Waals surface area (Å²) in [5.74, 6) is 0.948. The molecular weight excluding hydrogens is 292 g/mol. The maximum Gasteiger partial charge on any atom is 0.191 e. The molecule has 2 heterocycles. The van der Waals surface area contributed by atoms with E-state index in [9.17, 15) is 0 Å². The van der Waals surface area contributed by atoms with Crippen LogP contribution in [0.2, 0.25) is 0 Å². The molecule has 1 saturated heterocycles. The van der Waals surface area contributed by atoms with Crippen molar-refractivity contribution in [3.05, 3.63) is 21.9 Å². The van der Waals surface area contributed by atoms with E-state index in [0.717, 1.165) is 25.5 Å². The maximum absolute atomic E-state index is 4.79. The van der Waals surface area contributed by atoms with Crippen LogP contribution in [0, 0.1) is 6.92 Å². The Kier molecular flexibility index (Phi) is 6.70. The van der Waals surface area contributed by atoms with Gasteiger partial charge in [0, 0.05) is 34.8 Å². The van der Waals surface area contributed by atoms with Gasteiger partial charge in [-0.3, -0.25) is 4.99 Å². The summed E-state index contributed by atoms with van der Waals surface area (Å²) < 4.78 is 0. The fourth-order valence-corrected chi connectivity index (χ4v) is 3.93. The lowest BCUT2D eigenvalue weighted by atomic mass is 10.2. The summed E-state index contributed by atoms with van der Waals surface area (Å²) in [6, 6.07) is 5.42. The van der Waals surface area contributed by atoms with E-state index >= 15 is 0 Å². The zero-order valence-electron chi connectivity index (χ0n) is 14.4. The molecule has 1 aliphatic heterocycles. The zero-order chi connectivity index (χ0) is 15.9. The van der Waals surface area contributed by atoms with E-state index in [1.54, 1.807) is 0 Å². The van der Waals surface area contributed by atoms with Crippen LogP contribution in [-0.4, -0.2) is 49.6 Å². The fraction of sp³-hybridized carbons (Fsp3) is 0.706. The van der Waals surface area contributed by atoms with Crippen LogP contribution in [0.3, 0.4) is 0 Å². The second kappa shape index (κ2) is 8.53. The van der Waals surface area contributed by atoms with Gasteiger partial charge in [0.15, 0.2) is 5.96 Å². The van der Waals surface area contributed by atoms with Crippen molar-refractivity contribution in [1.29, 1.82) is 0 Å². The first kappa shape index (κ1) is 17.3. The summed E-state index contributed by atoms with van der Waals surface area (Å²) in [6.07, 6.45) is 3.62. The summed E-state index contributed by atoms with van der Waals surface area (Å²) in [5.41, 5.74) is 0. The molecule has 22 heavy (non-hydrogen) atoms. The van der Waals surface area contributed by atoms with E-state index in [-0.39, 0.29) is 0 Å². The van der Waals surface area contributed by atoms with Gasteiger partial charge in [-0.1, -0.05) is 0 Å². The van der Waals surface area contributed by atoms with Crippen LogP contribution < -0.4 is 10.6 Å². The van der Waals surface area contributed by atoms with E-state index in [2.05, 4.69) is 55.5 Å². The molecule has 124 valence electrons. The Hall–Kier alpha value is -1.07. The third-order valence-corrected chi connectivity index (χ3v) is 5.19. The van der Waals surface area contributed by atoms with Crippen LogP contribution in [0.1, 0.15) is 36.4 Å². The molecule has 5 heteroatoms. The largest absolute Gasteiger partial charge is 0.357 e. The summed E-state index contributed by atoms with van der Waals surface area (Å²) in [5, 5.41) is 6.91. The first-order chi connectivity index (χ1) is 10.6. The van der Waals surface area contributed by atoms with Crippen molar-refractivity contribution in [2.75, 3.05) is 26.7 Å². The highest BCUT2D eigenvalue weighted by Crippen LogP contribution is 2.17. The minimum Gasteiger partial charge on any atom is -0.357 e. The molecule has 4 nitrogen and oxygen atoms in total. The third kappa shape index (κ3) is 5.29. The van der Waals surface area contributed by atoms with Gasteiger partial charge < -0.3 is 15.5 Å². The predicted octanol–water partition coefficient (Wildman–Crippen LogP) is 2.64. The number of guanidine groups is 1. The van der Waals surface area contributed by atoms with Crippen molar-refractivity contribution in [1.82, 2.24) is 15.5 Å². The number of hydrogen-bond donors (Lipinski definition) is 2. The van der Waals surface area contributed by atoms with Gasteiger partial charge in [0.2, 0.25) is 0 Å². The van der Waals surface area contributed by atoms with Gasteiger partial charge in [0.25, 0.3) is 0 Å². The van der Waals surface area contributed by atoms with Crippen molar-refractivity contribution in [2.24, 2.45) is 4.99 Å². The number of nitrogens with zero attached hydrogens (tertiary/aromatic N) is 2. The monoisotopic (exact) mass is 322 g/mol. The molecular formula is C17H30N4S. The first-order valence-electron chi connectivity index (χ1n) is 8.39. The number of likely N-dealkylation sites (tertiary alicyclic amines) is 1. The summed E-state index contributed by atoms with van der Waals surface area (Å²) in [6.45, 7) is 9.50. The molecule has 2 rings (SSSR count). The standard InChI is InChI=1S/C17H30N4S/c1-5-18-17(19-12-15-7-6-10-21(15)4)20-13(2)11-16-9-8-14(3)22-16/h8-9,13,15H,5-7,10-12H2,1-4H3,(H2,18,19,20). The predicted molar refractivity (Wildman–Crippen MR) is 97.0 cm³/mol. The van der Waals surface area contributed by atoms with Crippen LogP contribution in [0.15, 0.2) is 17.1 Å². The minimum absolute atomic E-state index is 0.386. The quantitative estimate of drug-likeness (QED) is 0.625. The van der Waals surface area contributed by atoms with Crippen molar-refractivity contribution in [3.8, 4) is 0 Å². The normalized spacial score (nSPS) is 21.1. The molecule has 1 aromatic heterocycles. The average Bonchev–Trinajstić information content (AvgIpc) is 3.05. The van der Waals surface area contributed by atoms with Gasteiger partial charge in [0.05, 0.1) is 6.54 Å². The second-order valence-electron chi connectivity index (χ2n) is 6.26. The number of thiophene rings is 1. The lowest BCUT2D eigenvalue weighted by Crippen LogP contribution is -2.43. The molecule has 0 aliphatic carbocycles. The maximum atomic E-state index is 4.79. The highest BCUT2D eigenvalue weighted by atomic mass is 32.1. The molecule has 0 aromatic carbocycles. The molecule has 0 saturated carbocycles. The second-order valence-corrected chi connectivity index (χ2v) is 7.63. The number of aryl methyl sites for hydroxylation is 1. The Morgan fingerprint density at radius 1 is 1.50 bits per heavy atom. The summed E-state index contributed by atoms with van der Waals surface area (Å²) >= 11 is 1.88. The van der Waals surface area contributed by atoms with Crippen LogP contribution >= 0.6 is 11.3 Å². The van der Waals surface area contributed by atoms with Gasteiger partial charge in [-0.05, 0) is 59.3 Å². The van der Waals surface area contributed by atoms with Crippen molar-refractivity contribution in [2.45, 2.75) is 52.1 Å². The molecule has 0 spiro atoms. The Morgan fingerprint density at radius 2 is 2.32 bits per heavy atom. The molecule has 2 N–H and O–H groups in total. The molecule has 0 radical (unpaired) electrons. The van der Waals surface area contributed by atoms with Gasteiger partial charge in [-0.2, -0.15) is 0 Å². The van der Waals surface area contributed by atoms with Crippen LogP contribution in [0.25, 0.3) is 0 Å². The van der Waals surface area contributed by atoms with Crippen LogP contribution in [-0.2, 0) is 6.42 Å². The Bertz CT molecular complexity index is 483. The molecule has 1 fully saturated rings. The van der Waals surface area contributed by atoms with Gasteiger partial charge in [0.1, 0.15) is 0 Å². The molecule has 2 unspecified atom stereocenters. The van der Waals surface area contributed by atoms with E-state index in [1.165, 1.54) is 29.1 Å². The van der Waals surface area contributed by atoms with Crippen LogP contribution in [0.4, 0.5) is 0 Å². The molecule has 1 aliphatic rings. The number of likely N-dealkylation sites (N-methyl/N-ethyl adjacent to an activating group) is 1. The SMILES string of the molecule is CCNC(=NCC1CCCN1C)NC(C)Cc1ccc(C)s1. The number of rotatable bonds is 6. The highest BCUT2D eigenvalue weighted by Gasteiger charge is 2.20. The van der Waals surface area contributed by atoms with E-state index < -0.39 is 0 Å². The summed E-state index contributed by atoms with van der Waals surface area (Å²) in [4.78, 5) is 10.0. The molecule has 1 aromatic rings. The van der Waals surface area contributed by atoms with Crippen molar-refractivity contribution >= 4 is 17.3 Å². The molecule has 0 bridgehead atoms. The Morgan fingerprint density at radius 3 is 2.91 bits per heavy atom. The van der Waals surface area contributed by atoms with Crippen LogP contribution in [0.5, 0.6) is 0 Å². The first-order valence-corrected chi connectivity index (χ1v) is 9.20. The lowest BCUT2D eigenvalue weighted by molar-refractivity contribution is 0.317. The number of hydrogen-bond acceptors (Lipinski definition) is 3. The fourth-order valence-electron chi connectivity index (χ4n) is 2.91. The van der Waals surface area contributed by atoms with E-state index in [0.29, 0.717) is 12.1 Å². The van der Waals surface area contributed by atoms with Crippen molar-refractivity contribution in [3.63, 3.8) is 0 Å². The van der Waals surface area contributed by atoms with Gasteiger partial charge in [-0.25, -0.2) is 0 Å². The highest BCUT2D eigenvalue weighted by molar-refractivity contribution is 7.11. The minimum atomic E-state index is 0.386. The zero-order valence-corrected chi connectivity index (χ0v) is 15.2.